The van der Waals surface area contributed by atoms with Crippen molar-refractivity contribution in [1.29, 1.82) is 0 Å². The van der Waals surface area contributed by atoms with Gasteiger partial charge in [0.1, 0.15) is 30.5 Å². The van der Waals surface area contributed by atoms with Crippen molar-refractivity contribution in [1.82, 2.24) is 5.32 Å². The Hall–Kier alpha value is -0.850. The Morgan fingerprint density at radius 1 is 0.508 bits per heavy atom. The molecular weight excluding hydrogens is 771 g/mol. The summed E-state index contributed by atoms with van der Waals surface area (Å²) in [7, 11) is 0. The van der Waals surface area contributed by atoms with Crippen LogP contribution in [-0.2, 0) is 14.3 Å². The highest BCUT2D eigenvalue weighted by Crippen LogP contribution is 2.23. The summed E-state index contributed by atoms with van der Waals surface area (Å²) in [5, 5.41) is 65.3. The number of rotatable bonds is 45. The fourth-order valence-electron chi connectivity index (χ4n) is 8.79. The minimum Gasteiger partial charge on any atom is -0.394 e. The van der Waals surface area contributed by atoms with Crippen molar-refractivity contribution in [3.63, 3.8) is 0 Å². The third-order valence-electron chi connectivity index (χ3n) is 13.1. The van der Waals surface area contributed by atoms with E-state index < -0.39 is 55.6 Å². The van der Waals surface area contributed by atoms with Gasteiger partial charge in [-0.05, 0) is 12.8 Å². The van der Waals surface area contributed by atoms with Crippen LogP contribution in [-0.4, -0.2) is 98.7 Å². The van der Waals surface area contributed by atoms with Crippen molar-refractivity contribution >= 4 is 5.91 Å². The Labute approximate surface area is 375 Å². The zero-order valence-electron chi connectivity index (χ0n) is 39.8. The van der Waals surface area contributed by atoms with Gasteiger partial charge in [0.15, 0.2) is 6.29 Å². The van der Waals surface area contributed by atoms with Gasteiger partial charge < -0.3 is 45.4 Å². The maximum atomic E-state index is 13.0. The molecule has 8 atom stereocenters. The summed E-state index contributed by atoms with van der Waals surface area (Å²) in [6.07, 6.45) is 36.9. The molecule has 1 fully saturated rings. The monoisotopic (exact) mass is 872 g/mol. The van der Waals surface area contributed by atoms with Crippen LogP contribution in [0.2, 0.25) is 0 Å². The molecule has 1 aliphatic heterocycles. The van der Waals surface area contributed by atoms with Crippen LogP contribution < -0.4 is 5.32 Å². The maximum absolute atomic E-state index is 13.0. The molecular formula is C51H101NO9. The molecule has 0 spiro atoms. The molecule has 10 nitrogen and oxygen atoms in total. The first-order valence-corrected chi connectivity index (χ1v) is 26.3. The predicted octanol–water partition coefficient (Wildman–Crippen LogP) is 10.9. The Morgan fingerprint density at radius 3 is 1.21 bits per heavy atom. The van der Waals surface area contributed by atoms with E-state index >= 15 is 0 Å². The summed E-state index contributed by atoms with van der Waals surface area (Å²) in [5.74, 6) is -0.252. The van der Waals surface area contributed by atoms with Crippen LogP contribution in [0.4, 0.5) is 0 Å². The molecule has 0 aromatic rings. The van der Waals surface area contributed by atoms with Crippen molar-refractivity contribution in [3.8, 4) is 0 Å². The Bertz CT molecular complexity index is 942. The van der Waals surface area contributed by atoms with E-state index in [2.05, 4.69) is 19.2 Å². The van der Waals surface area contributed by atoms with Crippen molar-refractivity contribution < 1.29 is 44.9 Å². The Morgan fingerprint density at radius 2 is 0.852 bits per heavy atom. The highest BCUT2D eigenvalue weighted by Gasteiger charge is 2.44. The summed E-state index contributed by atoms with van der Waals surface area (Å²) in [4.78, 5) is 13.0. The Balaban J connectivity index is 2.26. The minimum absolute atomic E-state index is 0.252. The highest BCUT2D eigenvalue weighted by molar-refractivity contribution is 5.76. The molecule has 1 rings (SSSR count). The number of hydrogen-bond acceptors (Lipinski definition) is 9. The second-order valence-electron chi connectivity index (χ2n) is 18.8. The molecule has 0 aliphatic carbocycles. The fourth-order valence-corrected chi connectivity index (χ4v) is 8.79. The number of aliphatic hydroxyl groups is 6. The van der Waals surface area contributed by atoms with Crippen LogP contribution in [0, 0.1) is 0 Å². The topological polar surface area (TPSA) is 169 Å². The second kappa shape index (κ2) is 41.8. The van der Waals surface area contributed by atoms with Crippen molar-refractivity contribution in [2.75, 3.05) is 13.2 Å². The average Bonchev–Trinajstić information content (AvgIpc) is 3.26. The van der Waals surface area contributed by atoms with Gasteiger partial charge in [-0.3, -0.25) is 4.79 Å². The molecule has 1 amide bonds. The van der Waals surface area contributed by atoms with Gasteiger partial charge in [-0.1, -0.05) is 239 Å². The molecule has 0 saturated carbocycles. The number of nitrogens with one attached hydrogen (secondary N) is 1. The van der Waals surface area contributed by atoms with Crippen LogP contribution >= 0.6 is 0 Å². The molecule has 0 radical (unpaired) electrons. The van der Waals surface area contributed by atoms with E-state index in [0.29, 0.717) is 6.42 Å². The maximum Gasteiger partial charge on any atom is 0.220 e. The summed E-state index contributed by atoms with van der Waals surface area (Å²) >= 11 is 0. The van der Waals surface area contributed by atoms with E-state index in [4.69, 9.17) is 9.47 Å². The summed E-state index contributed by atoms with van der Waals surface area (Å²) in [5.41, 5.74) is 0. The van der Waals surface area contributed by atoms with Gasteiger partial charge in [0.05, 0.1) is 25.4 Å². The molecule has 364 valence electrons. The molecule has 1 saturated heterocycles. The van der Waals surface area contributed by atoms with E-state index in [0.717, 1.165) is 38.5 Å². The molecule has 61 heavy (non-hydrogen) atoms. The highest BCUT2D eigenvalue weighted by atomic mass is 16.7. The smallest absolute Gasteiger partial charge is 0.220 e. The zero-order valence-corrected chi connectivity index (χ0v) is 39.8. The van der Waals surface area contributed by atoms with E-state index in [1.807, 2.05) is 0 Å². The quantitative estimate of drug-likeness (QED) is 0.0295. The molecule has 0 aromatic heterocycles. The first-order chi connectivity index (χ1) is 29.8. The van der Waals surface area contributed by atoms with Crippen molar-refractivity contribution in [2.45, 2.75) is 307 Å². The van der Waals surface area contributed by atoms with Gasteiger partial charge in [-0.15, -0.1) is 0 Å². The van der Waals surface area contributed by atoms with Crippen LogP contribution in [0.1, 0.15) is 258 Å². The van der Waals surface area contributed by atoms with E-state index in [1.165, 1.54) is 193 Å². The third kappa shape index (κ3) is 31.6. The first kappa shape index (κ1) is 58.2. The SMILES string of the molecule is CCCCCCCCCCCCCCCCCCCCCCCCCC(=O)N[C@@H](CO[C@@H]1O[C@H](CO)[C@H](O)C(O)C1O)[C@H](O)[C@H](O)CCCCCCCCCCCCCCC. The number of amides is 1. The zero-order chi connectivity index (χ0) is 44.6. The number of aliphatic hydroxyl groups excluding tert-OH is 6. The van der Waals surface area contributed by atoms with E-state index in [-0.39, 0.29) is 18.9 Å². The van der Waals surface area contributed by atoms with E-state index in [9.17, 15) is 35.4 Å². The molecule has 10 heteroatoms. The van der Waals surface area contributed by atoms with Crippen LogP contribution in [0.3, 0.4) is 0 Å². The van der Waals surface area contributed by atoms with Crippen LogP contribution in [0.15, 0.2) is 0 Å². The lowest BCUT2D eigenvalue weighted by molar-refractivity contribution is -0.303. The number of ether oxygens (including phenoxy) is 2. The summed E-state index contributed by atoms with van der Waals surface area (Å²) in [6, 6.07) is -0.985. The molecule has 1 heterocycles. The number of carbonyl (C=O) groups excluding carboxylic acids is 1. The van der Waals surface area contributed by atoms with Gasteiger partial charge >= 0.3 is 0 Å². The van der Waals surface area contributed by atoms with E-state index in [1.54, 1.807) is 0 Å². The second-order valence-corrected chi connectivity index (χ2v) is 18.8. The molecule has 7 N–H and O–H groups in total. The largest absolute Gasteiger partial charge is 0.394 e. The normalized spacial score (nSPS) is 20.8. The number of carbonyl (C=O) groups is 1. The summed E-state index contributed by atoms with van der Waals surface area (Å²) in [6.45, 7) is 3.64. The standard InChI is InChI=1S/C51H101NO9/c1-3-5-7-9-11-13-15-17-18-19-20-21-22-23-24-25-26-28-30-32-34-36-38-40-46(55)52-43(42-60-51-50(59)49(58)48(57)45(41-53)61-51)47(56)44(54)39-37-35-33-31-29-27-16-14-12-10-8-6-4-2/h43-45,47-51,53-54,56-59H,3-42H2,1-2H3,(H,52,55)/t43-,44+,45+,47-,48-,49?,50?,51+/m0/s1. The van der Waals surface area contributed by atoms with Gasteiger partial charge in [-0.2, -0.15) is 0 Å². The third-order valence-corrected chi connectivity index (χ3v) is 13.1. The van der Waals surface area contributed by atoms with Crippen LogP contribution in [0.5, 0.6) is 0 Å². The molecule has 0 aromatic carbocycles. The lowest BCUT2D eigenvalue weighted by atomic mass is 9.98. The van der Waals surface area contributed by atoms with Gasteiger partial charge in [0.25, 0.3) is 0 Å². The molecule has 1 aliphatic rings. The molecule has 0 bridgehead atoms. The molecule has 2 unspecified atom stereocenters. The number of hydrogen-bond donors (Lipinski definition) is 7. The summed E-state index contributed by atoms with van der Waals surface area (Å²) < 4.78 is 11.2. The minimum atomic E-state index is -1.60. The predicted molar refractivity (Wildman–Crippen MR) is 250 cm³/mol. The van der Waals surface area contributed by atoms with Gasteiger partial charge in [0, 0.05) is 6.42 Å². The van der Waals surface area contributed by atoms with Crippen molar-refractivity contribution in [3.05, 3.63) is 0 Å². The fraction of sp³-hybridized carbons (Fsp3) is 0.980. The lowest BCUT2D eigenvalue weighted by Crippen LogP contribution is -2.60. The van der Waals surface area contributed by atoms with Crippen molar-refractivity contribution in [2.24, 2.45) is 0 Å². The number of unbranched alkanes of at least 4 members (excludes halogenated alkanes) is 34. The lowest BCUT2D eigenvalue weighted by Gasteiger charge is -2.40. The van der Waals surface area contributed by atoms with Crippen LogP contribution in [0.25, 0.3) is 0 Å². The Kier molecular flexibility index (Phi) is 39.9. The average molecular weight is 872 g/mol. The van der Waals surface area contributed by atoms with Gasteiger partial charge in [0.2, 0.25) is 5.91 Å². The first-order valence-electron chi connectivity index (χ1n) is 26.3. The van der Waals surface area contributed by atoms with Gasteiger partial charge in [-0.25, -0.2) is 0 Å².